The Morgan fingerprint density at radius 1 is 1.23 bits per heavy atom. The lowest BCUT2D eigenvalue weighted by molar-refractivity contribution is -0.141. The van der Waals surface area contributed by atoms with Gasteiger partial charge in [0, 0.05) is 29.5 Å². The Balaban J connectivity index is 1.49. The van der Waals surface area contributed by atoms with Gasteiger partial charge in [0.25, 0.3) is 0 Å². The fraction of sp³-hybridized carbons (Fsp3) is 0.360. The average Bonchev–Trinajstić information content (AvgIpc) is 3.36. The number of methoxy groups -OCH3 is 1. The molecule has 0 radical (unpaired) electrons. The van der Waals surface area contributed by atoms with Crippen molar-refractivity contribution in [2.75, 3.05) is 13.7 Å². The minimum absolute atomic E-state index is 0.0119. The Morgan fingerprint density at radius 2 is 2.10 bits per heavy atom. The monoisotopic (exact) mass is 406 g/mol. The van der Waals surface area contributed by atoms with Gasteiger partial charge >= 0.3 is 5.97 Å². The highest BCUT2D eigenvalue weighted by molar-refractivity contribution is 5.98. The van der Waals surface area contributed by atoms with E-state index in [0.29, 0.717) is 25.9 Å². The number of benzene rings is 2. The number of hydrogen-bond donors (Lipinski definition) is 0. The Labute approximate surface area is 176 Å². The minimum atomic E-state index is -0.238. The molecule has 0 N–H and O–H groups in total. The number of ether oxygens (including phenoxy) is 3. The van der Waals surface area contributed by atoms with Gasteiger partial charge in [-0.1, -0.05) is 30.3 Å². The molecule has 2 aliphatic rings. The summed E-state index contributed by atoms with van der Waals surface area (Å²) in [5.74, 6) is 1.42. The van der Waals surface area contributed by atoms with Gasteiger partial charge in [0.05, 0.1) is 20.1 Å². The SMILES string of the molecule is C=CCCC(=O)c1cccc2c1CCC2Oc1ccc2c(c1)OCC2CC(=O)OC. The van der Waals surface area contributed by atoms with E-state index in [4.69, 9.17) is 14.2 Å². The van der Waals surface area contributed by atoms with Crippen molar-refractivity contribution in [2.45, 2.75) is 44.1 Å². The van der Waals surface area contributed by atoms with E-state index < -0.39 is 0 Å². The lowest BCUT2D eigenvalue weighted by Crippen LogP contribution is -2.09. The van der Waals surface area contributed by atoms with Gasteiger partial charge in [-0.2, -0.15) is 0 Å². The molecule has 4 rings (SSSR count). The van der Waals surface area contributed by atoms with Crippen molar-refractivity contribution >= 4 is 11.8 Å². The quantitative estimate of drug-likeness (QED) is 0.353. The maximum absolute atomic E-state index is 12.5. The van der Waals surface area contributed by atoms with Gasteiger partial charge in [0.15, 0.2) is 5.78 Å². The van der Waals surface area contributed by atoms with E-state index >= 15 is 0 Å². The zero-order chi connectivity index (χ0) is 21.1. The molecule has 0 spiro atoms. The second-order valence-corrected chi connectivity index (χ2v) is 7.76. The first-order valence-corrected chi connectivity index (χ1v) is 10.4. The van der Waals surface area contributed by atoms with Crippen molar-refractivity contribution in [1.29, 1.82) is 0 Å². The first kappa shape index (κ1) is 20.2. The van der Waals surface area contributed by atoms with Gasteiger partial charge in [-0.3, -0.25) is 9.59 Å². The predicted octanol–water partition coefficient (Wildman–Crippen LogP) is 4.94. The van der Waals surface area contributed by atoms with Gasteiger partial charge in [-0.15, -0.1) is 6.58 Å². The molecular formula is C25H26O5. The molecular weight excluding hydrogens is 380 g/mol. The highest BCUT2D eigenvalue weighted by Crippen LogP contribution is 2.41. The van der Waals surface area contributed by atoms with Crippen molar-refractivity contribution in [3.63, 3.8) is 0 Å². The van der Waals surface area contributed by atoms with Gasteiger partial charge < -0.3 is 14.2 Å². The van der Waals surface area contributed by atoms with Crippen LogP contribution in [0.4, 0.5) is 0 Å². The lowest BCUT2D eigenvalue weighted by Gasteiger charge is -2.16. The predicted molar refractivity (Wildman–Crippen MR) is 113 cm³/mol. The van der Waals surface area contributed by atoms with Crippen LogP contribution in [-0.4, -0.2) is 25.5 Å². The summed E-state index contributed by atoms with van der Waals surface area (Å²) in [7, 11) is 1.40. The highest BCUT2D eigenvalue weighted by atomic mass is 16.5. The number of esters is 1. The van der Waals surface area contributed by atoms with E-state index in [0.717, 1.165) is 46.6 Å². The summed E-state index contributed by atoms with van der Waals surface area (Å²) < 4.78 is 16.8. The zero-order valence-corrected chi connectivity index (χ0v) is 17.2. The first-order valence-electron chi connectivity index (χ1n) is 10.4. The van der Waals surface area contributed by atoms with Crippen molar-refractivity contribution < 1.29 is 23.8 Å². The van der Waals surface area contributed by atoms with Crippen LogP contribution in [0.15, 0.2) is 49.1 Å². The smallest absolute Gasteiger partial charge is 0.306 e. The molecule has 0 aromatic heterocycles. The lowest BCUT2D eigenvalue weighted by atomic mass is 9.97. The van der Waals surface area contributed by atoms with Crippen LogP contribution in [0.2, 0.25) is 0 Å². The van der Waals surface area contributed by atoms with E-state index in [1.807, 2.05) is 36.4 Å². The third kappa shape index (κ3) is 3.97. The minimum Gasteiger partial charge on any atom is -0.492 e. The zero-order valence-electron chi connectivity index (χ0n) is 17.2. The summed E-state index contributed by atoms with van der Waals surface area (Å²) in [6.07, 6.45) is 4.84. The molecule has 2 atom stereocenters. The summed E-state index contributed by atoms with van der Waals surface area (Å²) in [5, 5.41) is 0. The molecule has 2 unspecified atom stereocenters. The molecule has 1 heterocycles. The molecule has 1 aliphatic heterocycles. The highest BCUT2D eigenvalue weighted by Gasteiger charge is 2.30. The van der Waals surface area contributed by atoms with Crippen LogP contribution in [0.5, 0.6) is 11.5 Å². The largest absolute Gasteiger partial charge is 0.492 e. The second-order valence-electron chi connectivity index (χ2n) is 7.76. The van der Waals surface area contributed by atoms with Crippen molar-refractivity contribution in [1.82, 2.24) is 0 Å². The number of Topliss-reactive ketones (excluding diaryl/α,β-unsaturated/α-hetero) is 1. The summed E-state index contributed by atoms with van der Waals surface area (Å²) in [6, 6.07) is 11.7. The van der Waals surface area contributed by atoms with Crippen LogP contribution in [0.3, 0.4) is 0 Å². The first-order chi connectivity index (χ1) is 14.6. The van der Waals surface area contributed by atoms with E-state index in [2.05, 4.69) is 6.58 Å². The topological polar surface area (TPSA) is 61.8 Å². The van der Waals surface area contributed by atoms with Crippen LogP contribution >= 0.6 is 0 Å². The standard InChI is InChI=1S/C25H26O5/c1-3-4-8-22(26)20-6-5-7-21-19(20)11-12-23(21)30-17-9-10-18-16(13-25(27)28-2)15-29-24(18)14-17/h3,5-7,9-10,14,16,23H,1,4,8,11-13,15H2,2H3. The van der Waals surface area contributed by atoms with Gasteiger partial charge in [-0.05, 0) is 36.5 Å². The molecule has 2 aromatic carbocycles. The van der Waals surface area contributed by atoms with Crippen LogP contribution in [0, 0.1) is 0 Å². The molecule has 5 heteroatoms. The number of allylic oxidation sites excluding steroid dienone is 1. The van der Waals surface area contributed by atoms with Gasteiger partial charge in [-0.25, -0.2) is 0 Å². The second kappa shape index (κ2) is 8.74. The Bertz CT molecular complexity index is 977. The number of hydrogen-bond acceptors (Lipinski definition) is 5. The van der Waals surface area contributed by atoms with Crippen molar-refractivity contribution in [3.8, 4) is 11.5 Å². The molecule has 0 bridgehead atoms. The van der Waals surface area contributed by atoms with Crippen LogP contribution in [0.1, 0.15) is 64.8 Å². The molecule has 0 amide bonds. The number of carbonyl (C=O) groups excluding carboxylic acids is 2. The van der Waals surface area contributed by atoms with E-state index in [9.17, 15) is 9.59 Å². The van der Waals surface area contributed by atoms with Gasteiger partial charge in [0.2, 0.25) is 0 Å². The third-order valence-electron chi connectivity index (χ3n) is 5.88. The number of rotatable bonds is 8. The van der Waals surface area contributed by atoms with Crippen molar-refractivity contribution in [2.24, 2.45) is 0 Å². The summed E-state index contributed by atoms with van der Waals surface area (Å²) in [5.41, 5.74) is 4.01. The van der Waals surface area contributed by atoms with Crippen LogP contribution < -0.4 is 9.47 Å². The van der Waals surface area contributed by atoms with E-state index in [1.165, 1.54) is 7.11 Å². The molecule has 0 saturated carbocycles. The fourth-order valence-corrected chi connectivity index (χ4v) is 4.32. The molecule has 0 saturated heterocycles. The summed E-state index contributed by atoms with van der Waals surface area (Å²) in [6.45, 7) is 4.17. The van der Waals surface area contributed by atoms with Crippen LogP contribution in [0.25, 0.3) is 0 Å². The maximum Gasteiger partial charge on any atom is 0.306 e. The Kier molecular flexibility index (Phi) is 5.88. The summed E-state index contributed by atoms with van der Waals surface area (Å²) in [4.78, 5) is 24.1. The molecule has 2 aromatic rings. The average molecular weight is 406 g/mol. The van der Waals surface area contributed by atoms with E-state index in [-0.39, 0.29) is 23.8 Å². The normalized spacial score (nSPS) is 18.8. The maximum atomic E-state index is 12.5. The van der Waals surface area contributed by atoms with E-state index in [1.54, 1.807) is 6.08 Å². The Morgan fingerprint density at radius 3 is 2.90 bits per heavy atom. The summed E-state index contributed by atoms with van der Waals surface area (Å²) >= 11 is 0. The number of ketones is 1. The number of carbonyl (C=O) groups is 2. The molecule has 5 nitrogen and oxygen atoms in total. The molecule has 1 aliphatic carbocycles. The number of fused-ring (bicyclic) bond motifs is 2. The third-order valence-corrected chi connectivity index (χ3v) is 5.88. The molecule has 156 valence electrons. The molecule has 30 heavy (non-hydrogen) atoms. The van der Waals surface area contributed by atoms with Gasteiger partial charge in [0.1, 0.15) is 17.6 Å². The van der Waals surface area contributed by atoms with Crippen LogP contribution in [-0.2, 0) is 16.0 Å². The Hall–Kier alpha value is -3.08. The van der Waals surface area contributed by atoms with Crippen molar-refractivity contribution in [3.05, 3.63) is 71.3 Å². The molecule has 0 fully saturated rings. The fourth-order valence-electron chi connectivity index (χ4n) is 4.32.